The SMILES string of the molecule is Cc1cc(Cl)ccc1-n1c(CN2CCN(C)CC2)n[nH]c1=S. The van der Waals surface area contributed by atoms with E-state index in [0.29, 0.717) is 4.77 Å². The van der Waals surface area contributed by atoms with Crippen molar-refractivity contribution in [3.05, 3.63) is 39.4 Å². The van der Waals surface area contributed by atoms with E-state index in [2.05, 4.69) is 27.0 Å². The summed E-state index contributed by atoms with van der Waals surface area (Å²) in [5.41, 5.74) is 2.12. The molecule has 2 heterocycles. The summed E-state index contributed by atoms with van der Waals surface area (Å²) in [6.07, 6.45) is 0. The van der Waals surface area contributed by atoms with Crippen LogP contribution in [0, 0.1) is 11.7 Å². The van der Waals surface area contributed by atoms with Crippen molar-refractivity contribution in [3.63, 3.8) is 0 Å². The molecule has 0 spiro atoms. The second kappa shape index (κ2) is 6.50. The first-order chi connectivity index (χ1) is 10.5. The summed E-state index contributed by atoms with van der Waals surface area (Å²) >= 11 is 11.5. The lowest BCUT2D eigenvalue weighted by Gasteiger charge is -2.32. The highest BCUT2D eigenvalue weighted by Gasteiger charge is 2.18. The van der Waals surface area contributed by atoms with Crippen molar-refractivity contribution >= 4 is 23.8 Å². The topological polar surface area (TPSA) is 40.1 Å². The van der Waals surface area contributed by atoms with Crippen molar-refractivity contribution in [3.8, 4) is 5.69 Å². The van der Waals surface area contributed by atoms with Gasteiger partial charge >= 0.3 is 0 Å². The minimum absolute atomic E-state index is 0.620. The van der Waals surface area contributed by atoms with E-state index < -0.39 is 0 Å². The van der Waals surface area contributed by atoms with Crippen LogP contribution in [0.15, 0.2) is 18.2 Å². The first kappa shape index (κ1) is 15.7. The molecule has 1 saturated heterocycles. The first-order valence-corrected chi connectivity index (χ1v) is 8.17. The Morgan fingerprint density at radius 1 is 1.27 bits per heavy atom. The van der Waals surface area contributed by atoms with E-state index >= 15 is 0 Å². The van der Waals surface area contributed by atoms with E-state index in [1.807, 2.05) is 29.7 Å². The van der Waals surface area contributed by atoms with Gasteiger partial charge in [-0.05, 0) is 50.0 Å². The van der Waals surface area contributed by atoms with Crippen LogP contribution in [-0.2, 0) is 6.54 Å². The fourth-order valence-electron chi connectivity index (χ4n) is 2.76. The van der Waals surface area contributed by atoms with Gasteiger partial charge < -0.3 is 4.90 Å². The average molecular weight is 338 g/mol. The summed E-state index contributed by atoms with van der Waals surface area (Å²) in [5, 5.41) is 8.08. The molecule has 1 aliphatic heterocycles. The molecule has 0 aliphatic carbocycles. The molecule has 0 unspecified atom stereocenters. The van der Waals surface area contributed by atoms with Crippen LogP contribution in [0.2, 0.25) is 5.02 Å². The van der Waals surface area contributed by atoms with Crippen molar-refractivity contribution in [2.45, 2.75) is 13.5 Å². The van der Waals surface area contributed by atoms with Crippen LogP contribution in [-0.4, -0.2) is 57.8 Å². The third-order valence-corrected chi connectivity index (χ3v) is 4.61. The fraction of sp³-hybridized carbons (Fsp3) is 0.467. The van der Waals surface area contributed by atoms with E-state index in [-0.39, 0.29) is 0 Å². The maximum Gasteiger partial charge on any atom is 0.199 e. The summed E-state index contributed by atoms with van der Waals surface area (Å²) in [7, 11) is 2.16. The minimum Gasteiger partial charge on any atom is -0.304 e. The second-order valence-corrected chi connectivity index (χ2v) is 6.61. The zero-order valence-corrected chi connectivity index (χ0v) is 14.4. The van der Waals surface area contributed by atoms with Gasteiger partial charge in [-0.1, -0.05) is 11.6 Å². The zero-order valence-electron chi connectivity index (χ0n) is 12.8. The molecule has 3 rings (SSSR count). The monoisotopic (exact) mass is 337 g/mol. The summed E-state index contributed by atoms with van der Waals surface area (Å²) in [4.78, 5) is 4.75. The Kier molecular flexibility index (Phi) is 4.63. The molecule has 1 aromatic carbocycles. The highest BCUT2D eigenvalue weighted by molar-refractivity contribution is 7.71. The van der Waals surface area contributed by atoms with Gasteiger partial charge in [-0.2, -0.15) is 5.10 Å². The van der Waals surface area contributed by atoms with Gasteiger partial charge in [0, 0.05) is 31.2 Å². The fourth-order valence-corrected chi connectivity index (χ4v) is 3.24. The van der Waals surface area contributed by atoms with Crippen molar-refractivity contribution in [2.75, 3.05) is 33.2 Å². The third kappa shape index (κ3) is 3.25. The molecule has 0 amide bonds. The lowest BCUT2D eigenvalue weighted by molar-refractivity contribution is 0.145. The van der Waals surface area contributed by atoms with Crippen LogP contribution >= 0.6 is 23.8 Å². The predicted octanol–water partition coefficient (Wildman–Crippen LogP) is 2.64. The molecular formula is C15H20ClN5S. The van der Waals surface area contributed by atoms with Gasteiger partial charge in [0.1, 0.15) is 5.82 Å². The van der Waals surface area contributed by atoms with Crippen LogP contribution in [0.4, 0.5) is 0 Å². The summed E-state index contributed by atoms with van der Waals surface area (Å²) in [5.74, 6) is 0.944. The third-order valence-electron chi connectivity index (χ3n) is 4.10. The number of hydrogen-bond donors (Lipinski definition) is 1. The first-order valence-electron chi connectivity index (χ1n) is 7.38. The van der Waals surface area contributed by atoms with Gasteiger partial charge in [0.2, 0.25) is 0 Å². The average Bonchev–Trinajstić information content (AvgIpc) is 2.83. The van der Waals surface area contributed by atoms with Gasteiger partial charge in [-0.25, -0.2) is 0 Å². The number of benzene rings is 1. The maximum absolute atomic E-state index is 6.06. The summed E-state index contributed by atoms with van der Waals surface area (Å²) in [6, 6.07) is 5.83. The van der Waals surface area contributed by atoms with E-state index in [1.165, 1.54) is 0 Å². The number of rotatable bonds is 3. The van der Waals surface area contributed by atoms with Crippen molar-refractivity contribution in [1.29, 1.82) is 0 Å². The number of likely N-dealkylation sites (N-methyl/N-ethyl adjacent to an activating group) is 1. The normalized spacial score (nSPS) is 17.0. The molecular weight excluding hydrogens is 318 g/mol. The Morgan fingerprint density at radius 2 is 2.00 bits per heavy atom. The van der Waals surface area contributed by atoms with E-state index in [0.717, 1.165) is 54.8 Å². The minimum atomic E-state index is 0.620. The van der Waals surface area contributed by atoms with E-state index in [1.54, 1.807) is 0 Å². The molecule has 1 aliphatic rings. The Balaban J connectivity index is 1.89. The highest BCUT2D eigenvalue weighted by Crippen LogP contribution is 2.21. The summed E-state index contributed by atoms with van der Waals surface area (Å²) in [6.45, 7) is 7.11. The van der Waals surface area contributed by atoms with Crippen LogP contribution in [0.3, 0.4) is 0 Å². The maximum atomic E-state index is 6.06. The molecule has 1 fully saturated rings. The molecule has 0 atom stereocenters. The number of nitrogens with one attached hydrogen (secondary N) is 1. The molecule has 5 nitrogen and oxygen atoms in total. The van der Waals surface area contributed by atoms with Crippen molar-refractivity contribution in [1.82, 2.24) is 24.6 Å². The van der Waals surface area contributed by atoms with Crippen LogP contribution < -0.4 is 0 Å². The number of nitrogens with zero attached hydrogens (tertiary/aromatic N) is 4. The Labute approximate surface area is 140 Å². The Hall–Kier alpha value is -1.21. The number of halogens is 1. The van der Waals surface area contributed by atoms with Gasteiger partial charge in [0.05, 0.1) is 12.2 Å². The molecule has 2 aromatic rings. The number of piperazine rings is 1. The Bertz CT molecular complexity index is 715. The van der Waals surface area contributed by atoms with Gasteiger partial charge in [0.25, 0.3) is 0 Å². The molecule has 0 bridgehead atoms. The molecule has 118 valence electrons. The molecule has 1 aromatic heterocycles. The quantitative estimate of drug-likeness (QED) is 0.874. The Morgan fingerprint density at radius 3 is 2.68 bits per heavy atom. The number of aromatic nitrogens is 3. The number of aromatic amines is 1. The van der Waals surface area contributed by atoms with Gasteiger partial charge in [-0.3, -0.25) is 14.6 Å². The summed E-state index contributed by atoms with van der Waals surface area (Å²) < 4.78 is 2.63. The van der Waals surface area contributed by atoms with Gasteiger partial charge in [-0.15, -0.1) is 0 Å². The molecule has 22 heavy (non-hydrogen) atoms. The molecule has 0 radical (unpaired) electrons. The standard InChI is InChI=1S/C15H20ClN5S/c1-11-9-12(16)3-4-13(11)21-14(17-18-15(21)22)10-20-7-5-19(2)6-8-20/h3-4,9H,5-8,10H2,1-2H3,(H,18,22). The second-order valence-electron chi connectivity index (χ2n) is 5.79. The van der Waals surface area contributed by atoms with Crippen LogP contribution in [0.25, 0.3) is 5.69 Å². The molecule has 7 heteroatoms. The molecule has 0 saturated carbocycles. The number of aryl methyl sites for hydroxylation is 1. The van der Waals surface area contributed by atoms with E-state index in [4.69, 9.17) is 23.8 Å². The highest BCUT2D eigenvalue weighted by atomic mass is 35.5. The van der Waals surface area contributed by atoms with Crippen molar-refractivity contribution in [2.24, 2.45) is 0 Å². The van der Waals surface area contributed by atoms with E-state index in [9.17, 15) is 0 Å². The largest absolute Gasteiger partial charge is 0.304 e. The number of H-pyrrole nitrogens is 1. The van der Waals surface area contributed by atoms with Gasteiger partial charge in [0.15, 0.2) is 4.77 Å². The van der Waals surface area contributed by atoms with Crippen LogP contribution in [0.5, 0.6) is 0 Å². The van der Waals surface area contributed by atoms with Crippen LogP contribution in [0.1, 0.15) is 11.4 Å². The predicted molar refractivity (Wildman–Crippen MR) is 91.3 cm³/mol. The lowest BCUT2D eigenvalue weighted by Crippen LogP contribution is -2.44. The smallest absolute Gasteiger partial charge is 0.199 e. The number of hydrogen-bond acceptors (Lipinski definition) is 4. The molecule has 1 N–H and O–H groups in total. The van der Waals surface area contributed by atoms with Crippen molar-refractivity contribution < 1.29 is 0 Å². The lowest BCUT2D eigenvalue weighted by atomic mass is 10.2. The zero-order chi connectivity index (χ0) is 15.7.